The third-order valence-corrected chi connectivity index (χ3v) is 4.22. The molecular weight excluding hydrogens is 236 g/mol. The number of hydrogen-bond donors (Lipinski definition) is 1. The first-order chi connectivity index (χ1) is 9.19. The summed E-state index contributed by atoms with van der Waals surface area (Å²) in [6.07, 6.45) is 5.76. The van der Waals surface area contributed by atoms with Crippen molar-refractivity contribution in [2.45, 2.75) is 52.7 Å². The molecule has 0 bridgehead atoms. The van der Waals surface area contributed by atoms with Crippen LogP contribution in [-0.2, 0) is 6.54 Å². The Morgan fingerprint density at radius 3 is 2.89 bits per heavy atom. The molecule has 0 radical (unpaired) electrons. The molecule has 2 rings (SSSR count). The lowest BCUT2D eigenvalue weighted by Gasteiger charge is -2.31. The molecule has 1 aliphatic rings. The van der Waals surface area contributed by atoms with Crippen molar-refractivity contribution in [3.63, 3.8) is 0 Å². The molecule has 1 heterocycles. The summed E-state index contributed by atoms with van der Waals surface area (Å²) in [5.41, 5.74) is 1.24. The van der Waals surface area contributed by atoms with Gasteiger partial charge in [-0.05, 0) is 49.3 Å². The van der Waals surface area contributed by atoms with Gasteiger partial charge in [0.25, 0.3) is 0 Å². The highest BCUT2D eigenvalue weighted by atomic mass is 16.5. The second-order valence-electron chi connectivity index (χ2n) is 5.79. The second kappa shape index (κ2) is 6.90. The maximum Gasteiger partial charge on any atom is 0.213 e. The minimum absolute atomic E-state index is 0.341. The molecule has 1 aromatic rings. The summed E-state index contributed by atoms with van der Waals surface area (Å²) in [7, 11) is 0. The first kappa shape index (κ1) is 14.3. The van der Waals surface area contributed by atoms with Crippen molar-refractivity contribution in [3.8, 4) is 5.88 Å². The molecule has 1 aliphatic carbocycles. The van der Waals surface area contributed by atoms with Crippen LogP contribution in [0.2, 0.25) is 0 Å². The van der Waals surface area contributed by atoms with Gasteiger partial charge in [-0.25, -0.2) is 4.98 Å². The van der Waals surface area contributed by atoms with Crippen molar-refractivity contribution < 1.29 is 4.74 Å². The molecule has 1 fully saturated rings. The Balaban J connectivity index is 1.91. The van der Waals surface area contributed by atoms with E-state index in [1.807, 2.05) is 12.3 Å². The largest absolute Gasteiger partial charge is 0.474 e. The number of nitrogens with one attached hydrogen (secondary N) is 1. The van der Waals surface area contributed by atoms with Crippen molar-refractivity contribution in [3.05, 3.63) is 23.9 Å². The van der Waals surface area contributed by atoms with Gasteiger partial charge in [0.15, 0.2) is 0 Å². The van der Waals surface area contributed by atoms with Gasteiger partial charge in [-0.2, -0.15) is 0 Å². The smallest absolute Gasteiger partial charge is 0.213 e. The van der Waals surface area contributed by atoms with Crippen molar-refractivity contribution in [1.29, 1.82) is 0 Å². The molecule has 1 N–H and O–H groups in total. The van der Waals surface area contributed by atoms with E-state index in [0.717, 1.165) is 43.6 Å². The van der Waals surface area contributed by atoms with E-state index in [0.29, 0.717) is 6.10 Å². The Kier molecular flexibility index (Phi) is 5.20. The van der Waals surface area contributed by atoms with Gasteiger partial charge in [-0.15, -0.1) is 0 Å². The molecule has 1 saturated carbocycles. The van der Waals surface area contributed by atoms with Crippen LogP contribution in [0.25, 0.3) is 0 Å². The molecule has 0 aliphatic heterocycles. The first-order valence-corrected chi connectivity index (χ1v) is 7.51. The summed E-state index contributed by atoms with van der Waals surface area (Å²) in [5.74, 6) is 2.36. The molecule has 3 atom stereocenters. The average molecular weight is 262 g/mol. The van der Waals surface area contributed by atoms with Crippen LogP contribution >= 0.6 is 0 Å². The van der Waals surface area contributed by atoms with E-state index in [1.165, 1.54) is 12.0 Å². The van der Waals surface area contributed by atoms with E-state index in [1.54, 1.807) is 0 Å². The molecule has 3 nitrogen and oxygen atoms in total. The van der Waals surface area contributed by atoms with Gasteiger partial charge in [0.1, 0.15) is 6.10 Å². The SMILES string of the molecule is CCNCc1ccnc(OC2CCC(C)C(C)C2)c1. The average Bonchev–Trinajstić information content (AvgIpc) is 2.41. The Morgan fingerprint density at radius 2 is 2.16 bits per heavy atom. The zero-order valence-corrected chi connectivity index (χ0v) is 12.4. The van der Waals surface area contributed by atoms with E-state index >= 15 is 0 Å². The Morgan fingerprint density at radius 1 is 1.32 bits per heavy atom. The summed E-state index contributed by atoms with van der Waals surface area (Å²) >= 11 is 0. The van der Waals surface area contributed by atoms with Crippen molar-refractivity contribution in [2.75, 3.05) is 6.54 Å². The van der Waals surface area contributed by atoms with Crippen molar-refractivity contribution in [2.24, 2.45) is 11.8 Å². The normalized spacial score (nSPS) is 27.2. The molecular formula is C16H26N2O. The topological polar surface area (TPSA) is 34.2 Å². The Bertz CT molecular complexity index is 394. The maximum absolute atomic E-state index is 6.06. The van der Waals surface area contributed by atoms with Gasteiger partial charge in [0.05, 0.1) is 0 Å². The van der Waals surface area contributed by atoms with Crippen LogP contribution in [0, 0.1) is 11.8 Å². The molecule has 0 aromatic carbocycles. The molecule has 106 valence electrons. The predicted molar refractivity (Wildman–Crippen MR) is 78.2 cm³/mol. The zero-order valence-electron chi connectivity index (χ0n) is 12.4. The van der Waals surface area contributed by atoms with E-state index in [-0.39, 0.29) is 0 Å². The molecule has 1 aromatic heterocycles. The predicted octanol–water partition coefficient (Wildman–Crippen LogP) is 3.39. The van der Waals surface area contributed by atoms with Gasteiger partial charge in [0, 0.05) is 18.8 Å². The van der Waals surface area contributed by atoms with Crippen molar-refractivity contribution in [1.82, 2.24) is 10.3 Å². The summed E-state index contributed by atoms with van der Waals surface area (Å²) in [5, 5.41) is 3.32. The summed E-state index contributed by atoms with van der Waals surface area (Å²) in [6, 6.07) is 4.10. The van der Waals surface area contributed by atoms with Gasteiger partial charge in [-0.1, -0.05) is 20.8 Å². The van der Waals surface area contributed by atoms with Crippen LogP contribution < -0.4 is 10.1 Å². The summed E-state index contributed by atoms with van der Waals surface area (Å²) in [6.45, 7) is 8.65. The number of ether oxygens (including phenoxy) is 1. The first-order valence-electron chi connectivity index (χ1n) is 7.51. The molecule has 0 saturated heterocycles. The van der Waals surface area contributed by atoms with E-state index in [9.17, 15) is 0 Å². The number of pyridine rings is 1. The summed E-state index contributed by atoms with van der Waals surface area (Å²) < 4.78 is 6.06. The maximum atomic E-state index is 6.06. The lowest BCUT2D eigenvalue weighted by molar-refractivity contribution is 0.0964. The quantitative estimate of drug-likeness (QED) is 0.883. The molecule has 0 spiro atoms. The lowest BCUT2D eigenvalue weighted by atomic mass is 9.80. The second-order valence-corrected chi connectivity index (χ2v) is 5.79. The molecule has 3 heteroatoms. The van der Waals surface area contributed by atoms with E-state index in [4.69, 9.17) is 4.74 Å². The number of aromatic nitrogens is 1. The third kappa shape index (κ3) is 4.20. The number of rotatable bonds is 5. The highest BCUT2D eigenvalue weighted by Gasteiger charge is 2.25. The van der Waals surface area contributed by atoms with E-state index in [2.05, 4.69) is 37.1 Å². The fourth-order valence-corrected chi connectivity index (χ4v) is 2.67. The van der Waals surface area contributed by atoms with Crippen molar-refractivity contribution >= 4 is 0 Å². The fraction of sp³-hybridized carbons (Fsp3) is 0.688. The van der Waals surface area contributed by atoms with Crippen LogP contribution in [-0.4, -0.2) is 17.6 Å². The fourth-order valence-electron chi connectivity index (χ4n) is 2.67. The van der Waals surface area contributed by atoms with Gasteiger partial charge in [0.2, 0.25) is 5.88 Å². The third-order valence-electron chi connectivity index (χ3n) is 4.22. The minimum Gasteiger partial charge on any atom is -0.474 e. The lowest BCUT2D eigenvalue weighted by Crippen LogP contribution is -2.29. The Labute approximate surface area is 116 Å². The highest BCUT2D eigenvalue weighted by Crippen LogP contribution is 2.31. The zero-order chi connectivity index (χ0) is 13.7. The molecule has 19 heavy (non-hydrogen) atoms. The standard InChI is InChI=1S/C16H26N2O/c1-4-17-11-14-7-8-18-16(10-14)19-15-6-5-12(2)13(3)9-15/h7-8,10,12-13,15,17H,4-6,9,11H2,1-3H3. The van der Waals surface area contributed by atoms with Crippen LogP contribution in [0.4, 0.5) is 0 Å². The highest BCUT2D eigenvalue weighted by molar-refractivity contribution is 5.20. The van der Waals surface area contributed by atoms with Gasteiger partial charge < -0.3 is 10.1 Å². The monoisotopic (exact) mass is 262 g/mol. The summed E-state index contributed by atoms with van der Waals surface area (Å²) in [4.78, 5) is 4.34. The minimum atomic E-state index is 0.341. The van der Waals surface area contributed by atoms with Crippen LogP contribution in [0.3, 0.4) is 0 Å². The van der Waals surface area contributed by atoms with Gasteiger partial charge >= 0.3 is 0 Å². The van der Waals surface area contributed by atoms with Crippen LogP contribution in [0.1, 0.15) is 45.6 Å². The van der Waals surface area contributed by atoms with Gasteiger partial charge in [-0.3, -0.25) is 0 Å². The Hall–Kier alpha value is -1.09. The van der Waals surface area contributed by atoms with Crippen LogP contribution in [0.5, 0.6) is 5.88 Å². The van der Waals surface area contributed by atoms with E-state index < -0.39 is 0 Å². The molecule has 0 amide bonds. The number of hydrogen-bond acceptors (Lipinski definition) is 3. The van der Waals surface area contributed by atoms with Crippen LogP contribution in [0.15, 0.2) is 18.3 Å². The number of nitrogens with zero attached hydrogens (tertiary/aromatic N) is 1. The molecule has 3 unspecified atom stereocenters.